The van der Waals surface area contributed by atoms with E-state index < -0.39 is 4.92 Å². The summed E-state index contributed by atoms with van der Waals surface area (Å²) < 4.78 is 5.64. The van der Waals surface area contributed by atoms with E-state index in [1.807, 2.05) is 0 Å². The Hall–Kier alpha value is -2.15. The average molecular weight is 348 g/mol. The second-order valence-corrected chi connectivity index (χ2v) is 6.71. The van der Waals surface area contributed by atoms with Crippen molar-refractivity contribution >= 4 is 11.6 Å². The Balaban J connectivity index is 1.91. The van der Waals surface area contributed by atoms with Gasteiger partial charge in [-0.05, 0) is 30.7 Å². The van der Waals surface area contributed by atoms with Crippen LogP contribution in [0.2, 0.25) is 0 Å². The Bertz CT molecular complexity index is 566. The van der Waals surface area contributed by atoms with Crippen molar-refractivity contribution in [2.45, 2.75) is 45.8 Å². The topological polar surface area (TPSA) is 88.8 Å². The minimum Gasteiger partial charge on any atom is -0.376 e. The summed E-state index contributed by atoms with van der Waals surface area (Å²) in [5.41, 5.74) is 1.03. The van der Waals surface area contributed by atoms with Gasteiger partial charge in [0.15, 0.2) is 5.96 Å². The van der Waals surface area contributed by atoms with E-state index in [1.54, 1.807) is 12.1 Å². The summed E-state index contributed by atoms with van der Waals surface area (Å²) in [7, 11) is 0. The lowest BCUT2D eigenvalue weighted by atomic mass is 10.1. The van der Waals surface area contributed by atoms with Gasteiger partial charge in [0.2, 0.25) is 0 Å². The molecule has 138 valence electrons. The zero-order chi connectivity index (χ0) is 18.1. The fourth-order valence-corrected chi connectivity index (χ4v) is 2.56. The largest absolute Gasteiger partial charge is 0.376 e. The normalized spacial score (nSPS) is 17.7. The van der Waals surface area contributed by atoms with Gasteiger partial charge < -0.3 is 15.4 Å². The highest BCUT2D eigenvalue weighted by Crippen LogP contribution is 2.13. The molecular weight excluding hydrogens is 320 g/mol. The lowest BCUT2D eigenvalue weighted by Crippen LogP contribution is -2.41. The minimum absolute atomic E-state index is 0.0968. The van der Waals surface area contributed by atoms with Crippen molar-refractivity contribution < 1.29 is 9.66 Å². The van der Waals surface area contributed by atoms with Crippen molar-refractivity contribution in [1.82, 2.24) is 10.6 Å². The van der Waals surface area contributed by atoms with Crippen molar-refractivity contribution in [3.05, 3.63) is 39.9 Å². The van der Waals surface area contributed by atoms with E-state index in [2.05, 4.69) is 29.5 Å². The Morgan fingerprint density at radius 3 is 2.72 bits per heavy atom. The van der Waals surface area contributed by atoms with Gasteiger partial charge in [0.1, 0.15) is 0 Å². The van der Waals surface area contributed by atoms with E-state index in [4.69, 9.17) is 4.74 Å². The first-order valence-electron chi connectivity index (χ1n) is 8.91. The van der Waals surface area contributed by atoms with E-state index in [-0.39, 0.29) is 11.8 Å². The average Bonchev–Trinajstić information content (AvgIpc) is 3.10. The molecule has 7 nitrogen and oxygen atoms in total. The van der Waals surface area contributed by atoms with Crippen LogP contribution in [0.1, 0.15) is 38.7 Å². The first-order valence-corrected chi connectivity index (χ1v) is 8.91. The Kier molecular flexibility index (Phi) is 7.66. The zero-order valence-electron chi connectivity index (χ0n) is 15.0. The SMILES string of the molecule is CC(C)CCNC(=NCc1ccc([N+](=O)[O-])cc1)NCC1CCCO1. The van der Waals surface area contributed by atoms with E-state index in [9.17, 15) is 10.1 Å². The number of rotatable bonds is 8. The number of hydrogen-bond donors (Lipinski definition) is 2. The molecule has 0 spiro atoms. The van der Waals surface area contributed by atoms with Crippen LogP contribution in [-0.4, -0.2) is 36.7 Å². The van der Waals surface area contributed by atoms with Crippen molar-refractivity contribution in [2.24, 2.45) is 10.9 Å². The van der Waals surface area contributed by atoms with Gasteiger partial charge in [-0.1, -0.05) is 26.0 Å². The van der Waals surface area contributed by atoms with Crippen molar-refractivity contribution in [2.75, 3.05) is 19.7 Å². The molecule has 1 aliphatic heterocycles. The summed E-state index contributed by atoms with van der Waals surface area (Å²) >= 11 is 0. The molecule has 0 aromatic heterocycles. The second-order valence-electron chi connectivity index (χ2n) is 6.71. The number of nitro groups is 1. The molecule has 2 rings (SSSR count). The minimum atomic E-state index is -0.394. The molecule has 0 saturated carbocycles. The van der Waals surface area contributed by atoms with E-state index >= 15 is 0 Å². The highest BCUT2D eigenvalue weighted by atomic mass is 16.6. The Morgan fingerprint density at radius 1 is 1.36 bits per heavy atom. The molecule has 1 unspecified atom stereocenters. The van der Waals surface area contributed by atoms with E-state index in [0.29, 0.717) is 12.5 Å². The highest BCUT2D eigenvalue weighted by molar-refractivity contribution is 5.79. The molecule has 0 radical (unpaired) electrons. The van der Waals surface area contributed by atoms with Crippen LogP contribution in [0.3, 0.4) is 0 Å². The van der Waals surface area contributed by atoms with Crippen LogP contribution in [0, 0.1) is 16.0 Å². The maximum absolute atomic E-state index is 10.7. The standard InChI is InChI=1S/C18H28N4O3/c1-14(2)9-10-19-18(21-13-17-4-3-11-25-17)20-12-15-5-7-16(8-6-15)22(23)24/h5-8,14,17H,3-4,9-13H2,1-2H3,(H2,19,20,21). The number of nitrogens with zero attached hydrogens (tertiary/aromatic N) is 2. The maximum atomic E-state index is 10.7. The van der Waals surface area contributed by atoms with Gasteiger partial charge in [0, 0.05) is 31.8 Å². The number of ether oxygens (including phenoxy) is 1. The summed E-state index contributed by atoms with van der Waals surface area (Å²) in [5, 5.41) is 17.4. The molecule has 0 bridgehead atoms. The van der Waals surface area contributed by atoms with Crippen molar-refractivity contribution in [3.8, 4) is 0 Å². The molecule has 1 heterocycles. The van der Waals surface area contributed by atoms with Crippen LogP contribution >= 0.6 is 0 Å². The third-order valence-electron chi connectivity index (χ3n) is 4.10. The van der Waals surface area contributed by atoms with Gasteiger partial charge in [0.05, 0.1) is 17.6 Å². The predicted octanol–water partition coefficient (Wildman–Crippen LogP) is 2.86. The summed E-state index contributed by atoms with van der Waals surface area (Å²) in [6.45, 7) is 7.29. The molecule has 1 atom stereocenters. The highest BCUT2D eigenvalue weighted by Gasteiger charge is 2.15. The Labute approximate surface area is 149 Å². The summed E-state index contributed by atoms with van der Waals surface area (Å²) in [6, 6.07) is 6.51. The zero-order valence-corrected chi connectivity index (χ0v) is 15.0. The van der Waals surface area contributed by atoms with Crippen LogP contribution in [-0.2, 0) is 11.3 Å². The molecule has 7 heteroatoms. The van der Waals surface area contributed by atoms with Crippen molar-refractivity contribution in [1.29, 1.82) is 0 Å². The number of aliphatic imine (C=N–C) groups is 1. The number of nitrogens with one attached hydrogen (secondary N) is 2. The number of guanidine groups is 1. The van der Waals surface area contributed by atoms with Gasteiger partial charge >= 0.3 is 0 Å². The maximum Gasteiger partial charge on any atom is 0.269 e. The number of non-ortho nitro benzene ring substituents is 1. The van der Waals surface area contributed by atoms with Gasteiger partial charge in [-0.25, -0.2) is 4.99 Å². The van der Waals surface area contributed by atoms with Crippen LogP contribution in [0.4, 0.5) is 5.69 Å². The van der Waals surface area contributed by atoms with Crippen LogP contribution in [0.15, 0.2) is 29.3 Å². The van der Waals surface area contributed by atoms with Crippen LogP contribution in [0.5, 0.6) is 0 Å². The summed E-state index contributed by atoms with van der Waals surface area (Å²) in [4.78, 5) is 14.9. The molecule has 1 saturated heterocycles. The third-order valence-corrected chi connectivity index (χ3v) is 4.10. The van der Waals surface area contributed by atoms with E-state index in [1.165, 1.54) is 12.1 Å². The fourth-order valence-electron chi connectivity index (χ4n) is 2.56. The molecule has 25 heavy (non-hydrogen) atoms. The number of nitro benzene ring substituents is 1. The quantitative estimate of drug-likeness (QED) is 0.326. The summed E-state index contributed by atoms with van der Waals surface area (Å²) in [5.74, 6) is 1.39. The van der Waals surface area contributed by atoms with Gasteiger partial charge in [-0.3, -0.25) is 10.1 Å². The molecular formula is C18H28N4O3. The van der Waals surface area contributed by atoms with Gasteiger partial charge in [-0.15, -0.1) is 0 Å². The fraction of sp³-hybridized carbons (Fsp3) is 0.611. The predicted molar refractivity (Wildman–Crippen MR) is 98.7 cm³/mol. The molecule has 0 amide bonds. The second kappa shape index (κ2) is 9.98. The van der Waals surface area contributed by atoms with Gasteiger partial charge in [0.25, 0.3) is 5.69 Å². The van der Waals surface area contributed by atoms with Crippen molar-refractivity contribution in [3.63, 3.8) is 0 Å². The third kappa shape index (κ3) is 7.09. The number of benzene rings is 1. The monoisotopic (exact) mass is 348 g/mol. The van der Waals surface area contributed by atoms with Gasteiger partial charge in [-0.2, -0.15) is 0 Å². The van der Waals surface area contributed by atoms with Crippen LogP contribution < -0.4 is 10.6 Å². The molecule has 1 aliphatic rings. The molecule has 1 aromatic carbocycles. The summed E-state index contributed by atoms with van der Waals surface area (Å²) in [6.07, 6.45) is 3.51. The molecule has 1 fully saturated rings. The lowest BCUT2D eigenvalue weighted by Gasteiger charge is -2.16. The lowest BCUT2D eigenvalue weighted by molar-refractivity contribution is -0.384. The van der Waals surface area contributed by atoms with Crippen LogP contribution in [0.25, 0.3) is 0 Å². The first kappa shape index (κ1) is 19.2. The molecule has 2 N–H and O–H groups in total. The number of hydrogen-bond acceptors (Lipinski definition) is 4. The smallest absolute Gasteiger partial charge is 0.269 e. The first-order chi connectivity index (χ1) is 12.0. The van der Waals surface area contributed by atoms with E-state index in [0.717, 1.165) is 50.5 Å². The molecule has 1 aromatic rings. The Morgan fingerprint density at radius 2 is 2.12 bits per heavy atom. The molecule has 0 aliphatic carbocycles.